The number of nitrogens with one attached hydrogen (secondary N) is 1. The van der Waals surface area contributed by atoms with E-state index in [0.717, 1.165) is 30.3 Å². The summed E-state index contributed by atoms with van der Waals surface area (Å²) in [5.74, 6) is -3.74. The Hall–Kier alpha value is -4.27. The van der Waals surface area contributed by atoms with Gasteiger partial charge in [-0.2, -0.15) is 13.2 Å². The molecule has 0 aliphatic carbocycles. The molecule has 9 heteroatoms. The average Bonchev–Trinajstić information content (AvgIpc) is 2.88. The molecule has 4 rings (SSSR count). The van der Waals surface area contributed by atoms with E-state index in [4.69, 9.17) is 4.74 Å². The number of alkyl halides is 3. The molecule has 1 N–H and O–H groups in total. The molecule has 0 fully saturated rings. The molecular weight excluding hydrogens is 508 g/mol. The van der Waals surface area contributed by atoms with Crippen molar-refractivity contribution >= 4 is 5.91 Å². The van der Waals surface area contributed by atoms with Crippen molar-refractivity contribution in [3.63, 3.8) is 0 Å². The fourth-order valence-electron chi connectivity index (χ4n) is 4.28. The monoisotopic (exact) mass is 529 g/mol. The maximum atomic E-state index is 14.7. The van der Waals surface area contributed by atoms with E-state index >= 15 is 0 Å². The van der Waals surface area contributed by atoms with E-state index in [1.807, 2.05) is 0 Å². The van der Waals surface area contributed by atoms with Crippen molar-refractivity contribution in [3.8, 4) is 5.75 Å². The molecule has 1 amide bonds. The van der Waals surface area contributed by atoms with E-state index in [1.165, 1.54) is 31.4 Å². The third kappa shape index (κ3) is 5.66. The molecule has 0 radical (unpaired) electrons. The van der Waals surface area contributed by atoms with Gasteiger partial charge in [-0.1, -0.05) is 42.5 Å². The number of methoxy groups -OCH3 is 1. The third-order valence-electron chi connectivity index (χ3n) is 6.09. The molecule has 0 bridgehead atoms. The molecule has 0 aliphatic heterocycles. The minimum absolute atomic E-state index is 0.114. The van der Waals surface area contributed by atoms with Gasteiger partial charge in [-0.15, -0.1) is 0 Å². The summed E-state index contributed by atoms with van der Waals surface area (Å²) < 4.78 is 89.3. The number of amides is 1. The van der Waals surface area contributed by atoms with Crippen LogP contribution in [0.25, 0.3) is 0 Å². The molecule has 38 heavy (non-hydrogen) atoms. The van der Waals surface area contributed by atoms with Gasteiger partial charge in [0, 0.05) is 12.0 Å². The molecule has 3 nitrogen and oxygen atoms in total. The normalized spacial score (nSPS) is 13.0. The first-order chi connectivity index (χ1) is 18.0. The Balaban J connectivity index is 2.03. The summed E-state index contributed by atoms with van der Waals surface area (Å²) in [5.41, 5.74) is -2.85. The molecule has 196 valence electrons. The average molecular weight is 529 g/mol. The number of carbonyl (C=O) groups is 1. The summed E-state index contributed by atoms with van der Waals surface area (Å²) in [6.07, 6.45) is -5.06. The van der Waals surface area contributed by atoms with Crippen LogP contribution in [0, 0.1) is 17.5 Å². The van der Waals surface area contributed by atoms with Crippen molar-refractivity contribution in [1.82, 2.24) is 5.32 Å². The zero-order valence-corrected chi connectivity index (χ0v) is 20.0. The van der Waals surface area contributed by atoms with Crippen LogP contribution >= 0.6 is 0 Å². The molecule has 0 heterocycles. The fourth-order valence-corrected chi connectivity index (χ4v) is 4.28. The lowest BCUT2D eigenvalue weighted by molar-refractivity contribution is -0.137. The van der Waals surface area contributed by atoms with Crippen molar-refractivity contribution in [2.24, 2.45) is 0 Å². The number of rotatable bonds is 7. The van der Waals surface area contributed by atoms with Gasteiger partial charge in [0.25, 0.3) is 5.91 Å². The molecule has 0 aromatic heterocycles. The lowest BCUT2D eigenvalue weighted by atomic mass is 9.77. The zero-order valence-electron chi connectivity index (χ0n) is 20.0. The Morgan fingerprint density at radius 2 is 1.47 bits per heavy atom. The molecular formula is C29H21F6NO2. The van der Waals surface area contributed by atoms with Crippen LogP contribution in [0.3, 0.4) is 0 Å². The van der Waals surface area contributed by atoms with Gasteiger partial charge in [0.05, 0.1) is 18.2 Å². The van der Waals surface area contributed by atoms with Crippen molar-refractivity contribution in [1.29, 1.82) is 0 Å². The summed E-state index contributed by atoms with van der Waals surface area (Å²) in [4.78, 5) is 13.4. The minimum Gasteiger partial charge on any atom is -0.494 e. The molecule has 0 spiro atoms. The summed E-state index contributed by atoms with van der Waals surface area (Å²) in [6, 6.07) is 18.6. The summed E-state index contributed by atoms with van der Waals surface area (Å²) in [5, 5.41) is 2.71. The van der Waals surface area contributed by atoms with Crippen molar-refractivity contribution in [3.05, 3.63) is 136 Å². The highest BCUT2D eigenvalue weighted by Gasteiger charge is 2.40. The van der Waals surface area contributed by atoms with E-state index < -0.39 is 40.6 Å². The highest BCUT2D eigenvalue weighted by atomic mass is 19.4. The predicted octanol–water partition coefficient (Wildman–Crippen LogP) is 7.05. The molecule has 0 saturated carbocycles. The van der Waals surface area contributed by atoms with Crippen LogP contribution in [0.1, 0.15) is 32.6 Å². The molecule has 1 atom stereocenters. The van der Waals surface area contributed by atoms with Crippen LogP contribution in [-0.4, -0.2) is 13.0 Å². The number of halogens is 6. The van der Waals surface area contributed by atoms with Gasteiger partial charge < -0.3 is 10.1 Å². The lowest BCUT2D eigenvalue weighted by Gasteiger charge is -2.37. The van der Waals surface area contributed by atoms with E-state index in [9.17, 15) is 31.1 Å². The van der Waals surface area contributed by atoms with Gasteiger partial charge >= 0.3 is 6.18 Å². The first-order valence-electron chi connectivity index (χ1n) is 11.4. The smallest absolute Gasteiger partial charge is 0.416 e. The molecule has 0 saturated heterocycles. The Bertz CT molecular complexity index is 1460. The quantitative estimate of drug-likeness (QED) is 0.261. The molecule has 0 aliphatic rings. The van der Waals surface area contributed by atoms with E-state index in [2.05, 4.69) is 5.32 Å². The second-order valence-corrected chi connectivity index (χ2v) is 8.61. The third-order valence-corrected chi connectivity index (χ3v) is 6.09. The van der Waals surface area contributed by atoms with Crippen LogP contribution in [0.5, 0.6) is 5.75 Å². The maximum Gasteiger partial charge on any atom is 0.416 e. The Morgan fingerprint density at radius 1 is 0.763 bits per heavy atom. The van der Waals surface area contributed by atoms with Crippen LogP contribution in [0.15, 0.2) is 91.0 Å². The standard InChI is InChI=1S/C29H21F6NO2/c1-38-26-16-20(10-11-25(26)32)28(17-18-6-3-2-4-7-18,36-27(37)19-8-5-9-23(30)12-19)21-13-22(29(33,34)35)15-24(31)14-21/h2-16H,17H2,1H3,(H,36,37)/t28-/m1/s1. The summed E-state index contributed by atoms with van der Waals surface area (Å²) in [7, 11) is 1.20. The summed E-state index contributed by atoms with van der Waals surface area (Å²) >= 11 is 0. The van der Waals surface area contributed by atoms with Gasteiger partial charge in [-0.25, -0.2) is 13.2 Å². The number of ether oxygens (including phenoxy) is 1. The topological polar surface area (TPSA) is 38.3 Å². The van der Waals surface area contributed by atoms with Gasteiger partial charge in [-0.05, 0) is 65.2 Å². The Kier molecular flexibility index (Phi) is 7.48. The second-order valence-electron chi connectivity index (χ2n) is 8.61. The van der Waals surface area contributed by atoms with Crippen molar-refractivity contribution < 1.29 is 35.9 Å². The number of benzene rings is 4. The van der Waals surface area contributed by atoms with Crippen LogP contribution in [0.2, 0.25) is 0 Å². The van der Waals surface area contributed by atoms with Gasteiger partial charge in [0.15, 0.2) is 11.6 Å². The highest BCUT2D eigenvalue weighted by molar-refractivity contribution is 5.95. The molecule has 4 aromatic carbocycles. The van der Waals surface area contributed by atoms with Gasteiger partial charge in [0.1, 0.15) is 11.6 Å². The number of carbonyl (C=O) groups excluding carboxylic acids is 1. The van der Waals surface area contributed by atoms with Crippen molar-refractivity contribution in [2.75, 3.05) is 7.11 Å². The highest BCUT2D eigenvalue weighted by Crippen LogP contribution is 2.39. The predicted molar refractivity (Wildman–Crippen MR) is 129 cm³/mol. The van der Waals surface area contributed by atoms with Crippen LogP contribution < -0.4 is 10.1 Å². The fraction of sp³-hybridized carbons (Fsp3) is 0.138. The van der Waals surface area contributed by atoms with E-state index in [0.29, 0.717) is 11.6 Å². The first-order valence-corrected chi connectivity index (χ1v) is 11.4. The summed E-state index contributed by atoms with van der Waals surface area (Å²) in [6.45, 7) is 0. The largest absolute Gasteiger partial charge is 0.494 e. The van der Waals surface area contributed by atoms with Crippen LogP contribution in [-0.2, 0) is 18.1 Å². The minimum atomic E-state index is -4.90. The van der Waals surface area contributed by atoms with Gasteiger partial charge in [-0.3, -0.25) is 4.79 Å². The molecule has 4 aromatic rings. The van der Waals surface area contributed by atoms with E-state index in [1.54, 1.807) is 30.3 Å². The molecule has 0 unspecified atom stereocenters. The van der Waals surface area contributed by atoms with Crippen molar-refractivity contribution in [2.45, 2.75) is 18.1 Å². The first kappa shape index (κ1) is 26.8. The Morgan fingerprint density at radius 3 is 2.13 bits per heavy atom. The van der Waals surface area contributed by atoms with Crippen LogP contribution in [0.4, 0.5) is 26.3 Å². The SMILES string of the molecule is COc1cc([C@@](Cc2ccccc2)(NC(=O)c2cccc(F)c2)c2cc(F)cc(C(F)(F)F)c2)ccc1F. The lowest BCUT2D eigenvalue weighted by Crippen LogP contribution is -2.49. The number of hydrogen-bond donors (Lipinski definition) is 1. The number of hydrogen-bond acceptors (Lipinski definition) is 2. The van der Waals surface area contributed by atoms with E-state index in [-0.39, 0.29) is 28.9 Å². The van der Waals surface area contributed by atoms with Gasteiger partial charge in [0.2, 0.25) is 0 Å². The Labute approximate surface area is 214 Å². The zero-order chi connectivity index (χ0) is 27.5. The maximum absolute atomic E-state index is 14.7. The second kappa shape index (κ2) is 10.6.